The number of nitrogens with zero attached hydrogens (tertiary/aromatic N) is 2. The maximum Gasteiger partial charge on any atom is 0.191 e. The topological polar surface area (TPSA) is 62.5 Å². The number of aromatic nitrogens is 1. The molecule has 1 aromatic carbocycles. The first-order chi connectivity index (χ1) is 12.0. The average Bonchev–Trinajstić information content (AvgIpc) is 3.24. The Morgan fingerprint density at radius 2 is 2.12 bits per heavy atom. The van der Waals surface area contributed by atoms with Crippen LogP contribution in [-0.2, 0) is 12.0 Å². The summed E-state index contributed by atoms with van der Waals surface area (Å²) in [7, 11) is 1.77. The number of rotatable bonds is 6. The Morgan fingerprint density at radius 1 is 1.32 bits per heavy atom. The van der Waals surface area contributed by atoms with E-state index in [4.69, 9.17) is 16.1 Å². The quantitative estimate of drug-likeness (QED) is 0.606. The first kappa shape index (κ1) is 17.8. The number of benzene rings is 1. The van der Waals surface area contributed by atoms with Gasteiger partial charge < -0.3 is 15.2 Å². The minimum absolute atomic E-state index is 0.166. The Balaban J connectivity index is 1.54. The van der Waals surface area contributed by atoms with Gasteiger partial charge in [-0.2, -0.15) is 0 Å². The molecule has 1 aliphatic carbocycles. The molecule has 2 aromatic rings. The molecule has 0 saturated heterocycles. The van der Waals surface area contributed by atoms with E-state index < -0.39 is 0 Å². The molecule has 3 rings (SSSR count). The van der Waals surface area contributed by atoms with Gasteiger partial charge >= 0.3 is 0 Å². The molecule has 1 saturated carbocycles. The number of halogens is 1. The van der Waals surface area contributed by atoms with Crippen molar-refractivity contribution in [2.45, 2.75) is 44.6 Å². The molecule has 0 amide bonds. The molecule has 1 fully saturated rings. The van der Waals surface area contributed by atoms with Crippen molar-refractivity contribution in [3.05, 3.63) is 52.4 Å². The predicted octanol–water partition coefficient (Wildman–Crippen LogP) is 3.85. The molecule has 1 aliphatic rings. The highest BCUT2D eigenvalue weighted by Gasteiger charge is 2.44. The van der Waals surface area contributed by atoms with Crippen LogP contribution in [0.1, 0.15) is 49.6 Å². The van der Waals surface area contributed by atoms with E-state index in [0.29, 0.717) is 12.5 Å². The molecule has 0 bridgehead atoms. The van der Waals surface area contributed by atoms with E-state index in [-0.39, 0.29) is 5.41 Å². The van der Waals surface area contributed by atoms with Gasteiger partial charge in [-0.3, -0.25) is 4.99 Å². The molecule has 6 heteroatoms. The highest BCUT2D eigenvalue weighted by atomic mass is 35.5. The SMILES string of the molecule is CN=C(NCc1cc(C(C)C)no1)NCC1(c2cccc(Cl)c2)CC1. The van der Waals surface area contributed by atoms with Gasteiger partial charge in [0, 0.05) is 30.1 Å². The molecule has 5 nitrogen and oxygen atoms in total. The highest BCUT2D eigenvalue weighted by molar-refractivity contribution is 6.30. The lowest BCUT2D eigenvalue weighted by atomic mass is 9.96. The van der Waals surface area contributed by atoms with Gasteiger partial charge in [0.05, 0.1) is 12.2 Å². The van der Waals surface area contributed by atoms with Crippen LogP contribution in [0.2, 0.25) is 5.02 Å². The normalized spacial score (nSPS) is 16.1. The van der Waals surface area contributed by atoms with E-state index in [1.165, 1.54) is 5.56 Å². The summed E-state index contributed by atoms with van der Waals surface area (Å²) >= 11 is 6.14. The number of nitrogens with one attached hydrogen (secondary N) is 2. The van der Waals surface area contributed by atoms with Crippen LogP contribution in [0.5, 0.6) is 0 Å². The number of hydrogen-bond acceptors (Lipinski definition) is 3. The van der Waals surface area contributed by atoms with Crippen molar-refractivity contribution in [1.82, 2.24) is 15.8 Å². The fourth-order valence-corrected chi connectivity index (χ4v) is 3.06. The van der Waals surface area contributed by atoms with Gasteiger partial charge in [0.15, 0.2) is 11.7 Å². The van der Waals surface area contributed by atoms with Crippen LogP contribution in [0.25, 0.3) is 0 Å². The summed E-state index contributed by atoms with van der Waals surface area (Å²) in [6.07, 6.45) is 2.33. The first-order valence-electron chi connectivity index (χ1n) is 8.68. The third-order valence-electron chi connectivity index (χ3n) is 4.71. The molecule has 0 spiro atoms. The summed E-state index contributed by atoms with van der Waals surface area (Å²) in [5.41, 5.74) is 2.43. The van der Waals surface area contributed by atoms with Crippen molar-refractivity contribution in [2.75, 3.05) is 13.6 Å². The van der Waals surface area contributed by atoms with Gasteiger partial charge in [0.25, 0.3) is 0 Å². The lowest BCUT2D eigenvalue weighted by Gasteiger charge is -2.19. The monoisotopic (exact) mass is 360 g/mol. The maximum absolute atomic E-state index is 6.14. The van der Waals surface area contributed by atoms with Crippen molar-refractivity contribution in [3.63, 3.8) is 0 Å². The summed E-state index contributed by atoms with van der Waals surface area (Å²) in [6, 6.07) is 10.1. The van der Waals surface area contributed by atoms with Gasteiger partial charge in [-0.1, -0.05) is 42.7 Å². The second-order valence-corrected chi connectivity index (χ2v) is 7.38. The molecule has 0 radical (unpaired) electrons. The van der Waals surface area contributed by atoms with Crippen LogP contribution in [0.15, 0.2) is 39.8 Å². The first-order valence-corrected chi connectivity index (χ1v) is 9.06. The third kappa shape index (κ3) is 4.34. The number of guanidine groups is 1. The zero-order valence-electron chi connectivity index (χ0n) is 15.0. The highest BCUT2D eigenvalue weighted by Crippen LogP contribution is 2.48. The molecular formula is C19H25ClN4O. The Labute approximate surface area is 153 Å². The number of aliphatic imine (C=N–C) groups is 1. The van der Waals surface area contributed by atoms with Gasteiger partial charge in [-0.25, -0.2) is 0 Å². The lowest BCUT2D eigenvalue weighted by molar-refractivity contribution is 0.372. The van der Waals surface area contributed by atoms with Crippen molar-refractivity contribution in [3.8, 4) is 0 Å². The average molecular weight is 361 g/mol. The molecule has 1 aromatic heterocycles. The Hall–Kier alpha value is -2.01. The van der Waals surface area contributed by atoms with Crippen LogP contribution >= 0.6 is 11.6 Å². The largest absolute Gasteiger partial charge is 0.359 e. The zero-order valence-corrected chi connectivity index (χ0v) is 15.7. The summed E-state index contributed by atoms with van der Waals surface area (Å²) in [5.74, 6) is 1.93. The van der Waals surface area contributed by atoms with Crippen LogP contribution in [-0.4, -0.2) is 24.7 Å². The molecular weight excluding hydrogens is 336 g/mol. The van der Waals surface area contributed by atoms with Crippen LogP contribution < -0.4 is 10.6 Å². The fraction of sp³-hybridized carbons (Fsp3) is 0.474. The summed E-state index contributed by atoms with van der Waals surface area (Å²) in [4.78, 5) is 4.29. The van der Waals surface area contributed by atoms with E-state index in [0.717, 1.165) is 41.8 Å². The van der Waals surface area contributed by atoms with E-state index in [1.54, 1.807) is 7.05 Å². The Kier molecular flexibility index (Phi) is 5.33. The van der Waals surface area contributed by atoms with Crippen molar-refractivity contribution >= 4 is 17.6 Å². The molecule has 0 atom stereocenters. The van der Waals surface area contributed by atoms with E-state index in [9.17, 15) is 0 Å². The van der Waals surface area contributed by atoms with Crippen molar-refractivity contribution in [2.24, 2.45) is 4.99 Å². The van der Waals surface area contributed by atoms with Crippen molar-refractivity contribution < 1.29 is 4.52 Å². The van der Waals surface area contributed by atoms with Crippen LogP contribution in [0.4, 0.5) is 0 Å². The van der Waals surface area contributed by atoms with Crippen LogP contribution in [0, 0.1) is 0 Å². The standard InChI is InChI=1S/C19H25ClN4O/c1-13(2)17-10-16(25-24-17)11-22-18(21-3)23-12-19(7-8-19)14-5-4-6-15(20)9-14/h4-6,9-10,13H,7-8,11-12H2,1-3H3,(H2,21,22,23). The zero-order chi connectivity index (χ0) is 17.9. The summed E-state index contributed by atoms with van der Waals surface area (Å²) < 4.78 is 5.35. The van der Waals surface area contributed by atoms with Gasteiger partial charge in [0.2, 0.25) is 0 Å². The second kappa shape index (κ2) is 7.48. The molecule has 0 unspecified atom stereocenters. The molecule has 25 heavy (non-hydrogen) atoms. The fourth-order valence-electron chi connectivity index (χ4n) is 2.87. The second-order valence-electron chi connectivity index (χ2n) is 6.94. The minimum atomic E-state index is 0.166. The summed E-state index contributed by atoms with van der Waals surface area (Å²) in [6.45, 7) is 5.59. The Morgan fingerprint density at radius 3 is 2.72 bits per heavy atom. The van der Waals surface area contributed by atoms with E-state index in [2.05, 4.69) is 46.8 Å². The molecule has 2 N–H and O–H groups in total. The molecule has 0 aliphatic heterocycles. The van der Waals surface area contributed by atoms with Gasteiger partial charge in [-0.15, -0.1) is 0 Å². The maximum atomic E-state index is 6.14. The molecule has 1 heterocycles. The summed E-state index contributed by atoms with van der Waals surface area (Å²) in [5, 5.41) is 11.6. The Bertz CT molecular complexity index is 749. The van der Waals surface area contributed by atoms with E-state index >= 15 is 0 Å². The minimum Gasteiger partial charge on any atom is -0.359 e. The van der Waals surface area contributed by atoms with Crippen LogP contribution in [0.3, 0.4) is 0 Å². The van der Waals surface area contributed by atoms with E-state index in [1.807, 2.05) is 18.2 Å². The smallest absolute Gasteiger partial charge is 0.191 e. The lowest BCUT2D eigenvalue weighted by Crippen LogP contribution is -2.40. The predicted molar refractivity (Wildman–Crippen MR) is 101 cm³/mol. The van der Waals surface area contributed by atoms with Crippen molar-refractivity contribution in [1.29, 1.82) is 0 Å². The van der Waals surface area contributed by atoms with Gasteiger partial charge in [-0.05, 0) is 36.5 Å². The molecule has 134 valence electrons. The van der Waals surface area contributed by atoms with Gasteiger partial charge in [0.1, 0.15) is 0 Å². The number of hydrogen-bond donors (Lipinski definition) is 2. The third-order valence-corrected chi connectivity index (χ3v) is 4.94.